The van der Waals surface area contributed by atoms with E-state index in [1.807, 2.05) is 25.2 Å². The SMILES string of the molecule is CCCCN(C)C(=O)Cc1ccc2c(c1)OCCCO2. The molecule has 1 aliphatic rings. The third kappa shape index (κ3) is 3.89. The maximum absolute atomic E-state index is 12.1. The average Bonchev–Trinajstić information content (AvgIpc) is 2.69. The van der Waals surface area contributed by atoms with Crippen molar-refractivity contribution in [1.82, 2.24) is 4.90 Å². The summed E-state index contributed by atoms with van der Waals surface area (Å²) in [7, 11) is 1.86. The van der Waals surface area contributed by atoms with E-state index in [1.165, 1.54) is 0 Å². The van der Waals surface area contributed by atoms with Crippen LogP contribution in [0.3, 0.4) is 0 Å². The monoisotopic (exact) mass is 277 g/mol. The summed E-state index contributed by atoms with van der Waals surface area (Å²) in [6, 6.07) is 5.76. The highest BCUT2D eigenvalue weighted by atomic mass is 16.5. The fraction of sp³-hybridized carbons (Fsp3) is 0.562. The molecule has 0 bridgehead atoms. The zero-order valence-corrected chi connectivity index (χ0v) is 12.4. The maximum Gasteiger partial charge on any atom is 0.226 e. The molecule has 0 N–H and O–H groups in total. The smallest absolute Gasteiger partial charge is 0.226 e. The molecule has 0 spiro atoms. The van der Waals surface area contributed by atoms with Gasteiger partial charge in [-0.3, -0.25) is 4.79 Å². The van der Waals surface area contributed by atoms with Crippen LogP contribution in [0.2, 0.25) is 0 Å². The summed E-state index contributed by atoms with van der Waals surface area (Å²) in [5, 5.41) is 0. The largest absolute Gasteiger partial charge is 0.490 e. The van der Waals surface area contributed by atoms with Crippen molar-refractivity contribution in [3.05, 3.63) is 23.8 Å². The number of carbonyl (C=O) groups is 1. The predicted molar refractivity (Wildman–Crippen MR) is 78.3 cm³/mol. The number of amides is 1. The maximum atomic E-state index is 12.1. The summed E-state index contributed by atoms with van der Waals surface area (Å²) >= 11 is 0. The first kappa shape index (κ1) is 14.7. The van der Waals surface area contributed by atoms with Gasteiger partial charge in [0.25, 0.3) is 0 Å². The second-order valence-electron chi connectivity index (χ2n) is 5.18. The molecule has 4 nitrogen and oxygen atoms in total. The highest BCUT2D eigenvalue weighted by Crippen LogP contribution is 2.30. The number of hydrogen-bond donors (Lipinski definition) is 0. The number of carbonyl (C=O) groups excluding carboxylic acids is 1. The molecule has 0 saturated heterocycles. The minimum atomic E-state index is 0.146. The molecule has 4 heteroatoms. The van der Waals surface area contributed by atoms with Crippen LogP contribution in [0.15, 0.2) is 18.2 Å². The van der Waals surface area contributed by atoms with E-state index in [2.05, 4.69) is 6.92 Å². The van der Waals surface area contributed by atoms with E-state index in [0.717, 1.165) is 42.9 Å². The number of ether oxygens (including phenoxy) is 2. The Bertz CT molecular complexity index is 459. The minimum Gasteiger partial charge on any atom is -0.490 e. The van der Waals surface area contributed by atoms with Gasteiger partial charge in [-0.2, -0.15) is 0 Å². The molecule has 20 heavy (non-hydrogen) atoms. The highest BCUT2D eigenvalue weighted by Gasteiger charge is 2.14. The molecule has 1 amide bonds. The van der Waals surface area contributed by atoms with Crippen molar-refractivity contribution in [3.63, 3.8) is 0 Å². The summed E-state index contributed by atoms with van der Waals surface area (Å²) in [4.78, 5) is 13.9. The van der Waals surface area contributed by atoms with Crippen LogP contribution in [-0.4, -0.2) is 37.6 Å². The van der Waals surface area contributed by atoms with Crippen molar-refractivity contribution in [2.75, 3.05) is 26.8 Å². The van der Waals surface area contributed by atoms with Gasteiger partial charge in [0.15, 0.2) is 11.5 Å². The Balaban J connectivity index is 1.99. The van der Waals surface area contributed by atoms with Crippen LogP contribution in [0, 0.1) is 0 Å². The summed E-state index contributed by atoms with van der Waals surface area (Å²) < 4.78 is 11.2. The summed E-state index contributed by atoms with van der Waals surface area (Å²) in [6.07, 6.45) is 3.45. The lowest BCUT2D eigenvalue weighted by atomic mass is 10.1. The van der Waals surface area contributed by atoms with E-state index in [-0.39, 0.29) is 5.91 Å². The first-order valence-electron chi connectivity index (χ1n) is 7.33. The van der Waals surface area contributed by atoms with Gasteiger partial charge >= 0.3 is 0 Å². The molecule has 0 atom stereocenters. The van der Waals surface area contributed by atoms with Crippen molar-refractivity contribution in [2.45, 2.75) is 32.6 Å². The standard InChI is InChI=1S/C16H23NO3/c1-3-4-8-17(2)16(18)12-13-6-7-14-15(11-13)20-10-5-9-19-14/h6-7,11H,3-5,8-10,12H2,1-2H3. The second-order valence-corrected chi connectivity index (χ2v) is 5.18. The molecular formula is C16H23NO3. The minimum absolute atomic E-state index is 0.146. The normalized spacial score (nSPS) is 13.7. The zero-order valence-electron chi connectivity index (χ0n) is 12.4. The molecule has 0 aromatic heterocycles. The van der Waals surface area contributed by atoms with Crippen LogP contribution in [0.1, 0.15) is 31.7 Å². The van der Waals surface area contributed by atoms with Crippen molar-refractivity contribution in [2.24, 2.45) is 0 Å². The molecule has 0 saturated carbocycles. The Morgan fingerprint density at radius 2 is 2.00 bits per heavy atom. The van der Waals surface area contributed by atoms with Crippen LogP contribution in [0.25, 0.3) is 0 Å². The lowest BCUT2D eigenvalue weighted by Crippen LogP contribution is -2.29. The lowest BCUT2D eigenvalue weighted by molar-refractivity contribution is -0.129. The fourth-order valence-corrected chi connectivity index (χ4v) is 2.15. The molecule has 2 rings (SSSR count). The van der Waals surface area contributed by atoms with Crippen LogP contribution in [0.4, 0.5) is 0 Å². The highest BCUT2D eigenvalue weighted by molar-refractivity contribution is 5.78. The number of likely N-dealkylation sites (N-methyl/N-ethyl adjacent to an activating group) is 1. The van der Waals surface area contributed by atoms with Crippen LogP contribution < -0.4 is 9.47 Å². The van der Waals surface area contributed by atoms with Crippen molar-refractivity contribution in [3.8, 4) is 11.5 Å². The molecule has 1 aliphatic heterocycles. The average molecular weight is 277 g/mol. The number of fused-ring (bicyclic) bond motifs is 1. The summed E-state index contributed by atoms with van der Waals surface area (Å²) in [5.74, 6) is 1.68. The Kier molecular flexibility index (Phi) is 5.27. The first-order valence-corrected chi connectivity index (χ1v) is 7.33. The Morgan fingerprint density at radius 1 is 1.25 bits per heavy atom. The second kappa shape index (κ2) is 7.17. The molecule has 110 valence electrons. The van der Waals surface area contributed by atoms with Gasteiger partial charge in [-0.15, -0.1) is 0 Å². The molecular weight excluding hydrogens is 254 g/mol. The molecule has 0 unspecified atom stereocenters. The van der Waals surface area contributed by atoms with Gasteiger partial charge in [0.2, 0.25) is 5.91 Å². The third-order valence-electron chi connectivity index (χ3n) is 3.44. The summed E-state index contributed by atoms with van der Waals surface area (Å²) in [6.45, 7) is 4.30. The topological polar surface area (TPSA) is 38.8 Å². The van der Waals surface area contributed by atoms with E-state index in [0.29, 0.717) is 19.6 Å². The Hall–Kier alpha value is -1.71. The molecule has 0 fully saturated rings. The van der Waals surface area contributed by atoms with E-state index in [4.69, 9.17) is 9.47 Å². The Morgan fingerprint density at radius 3 is 2.75 bits per heavy atom. The number of benzene rings is 1. The van der Waals surface area contributed by atoms with Gasteiger partial charge in [-0.1, -0.05) is 19.4 Å². The van der Waals surface area contributed by atoms with Gasteiger partial charge in [0.1, 0.15) is 0 Å². The van der Waals surface area contributed by atoms with E-state index in [1.54, 1.807) is 4.90 Å². The quantitative estimate of drug-likeness (QED) is 0.830. The molecule has 0 radical (unpaired) electrons. The van der Waals surface area contributed by atoms with Crippen molar-refractivity contribution >= 4 is 5.91 Å². The number of rotatable bonds is 5. The molecule has 1 heterocycles. The van der Waals surface area contributed by atoms with E-state index < -0.39 is 0 Å². The molecule has 1 aromatic carbocycles. The van der Waals surface area contributed by atoms with E-state index in [9.17, 15) is 4.79 Å². The van der Waals surface area contributed by atoms with E-state index >= 15 is 0 Å². The van der Waals surface area contributed by atoms with Gasteiger partial charge in [0, 0.05) is 20.0 Å². The van der Waals surface area contributed by atoms with Gasteiger partial charge < -0.3 is 14.4 Å². The van der Waals surface area contributed by atoms with Crippen molar-refractivity contribution < 1.29 is 14.3 Å². The Labute approximate surface area is 120 Å². The zero-order chi connectivity index (χ0) is 14.4. The molecule has 0 aliphatic carbocycles. The summed E-state index contributed by atoms with van der Waals surface area (Å²) in [5.41, 5.74) is 0.975. The van der Waals surface area contributed by atoms with Gasteiger partial charge in [-0.05, 0) is 24.1 Å². The molecule has 1 aromatic rings. The van der Waals surface area contributed by atoms with Crippen LogP contribution >= 0.6 is 0 Å². The number of nitrogens with zero attached hydrogens (tertiary/aromatic N) is 1. The van der Waals surface area contributed by atoms with Crippen molar-refractivity contribution in [1.29, 1.82) is 0 Å². The lowest BCUT2D eigenvalue weighted by Gasteiger charge is -2.17. The predicted octanol–water partition coefficient (Wildman–Crippen LogP) is 2.65. The first-order chi connectivity index (χ1) is 9.70. The van der Waals surface area contributed by atoms with Gasteiger partial charge in [-0.25, -0.2) is 0 Å². The third-order valence-corrected chi connectivity index (χ3v) is 3.44. The number of unbranched alkanes of at least 4 members (excludes halogenated alkanes) is 1. The van der Waals surface area contributed by atoms with Crippen LogP contribution in [0.5, 0.6) is 11.5 Å². The van der Waals surface area contributed by atoms with Crippen LogP contribution in [-0.2, 0) is 11.2 Å². The fourth-order valence-electron chi connectivity index (χ4n) is 2.15. The number of hydrogen-bond acceptors (Lipinski definition) is 3. The van der Waals surface area contributed by atoms with Gasteiger partial charge in [0.05, 0.1) is 19.6 Å².